The van der Waals surface area contributed by atoms with Gasteiger partial charge in [-0.15, -0.1) is 0 Å². The van der Waals surface area contributed by atoms with E-state index in [2.05, 4.69) is 36.3 Å². The van der Waals surface area contributed by atoms with E-state index in [-0.39, 0.29) is 0 Å². The Morgan fingerprint density at radius 3 is 2.63 bits per heavy atom. The first-order valence-electron chi connectivity index (χ1n) is 7.62. The van der Waals surface area contributed by atoms with Crippen LogP contribution in [0.4, 0.5) is 5.82 Å². The minimum Gasteiger partial charge on any atom is -0.357 e. The van der Waals surface area contributed by atoms with Gasteiger partial charge in [-0.1, -0.05) is 26.2 Å². The molecule has 0 saturated heterocycles. The van der Waals surface area contributed by atoms with E-state index in [1.807, 2.05) is 7.05 Å². The topological polar surface area (TPSA) is 28.2 Å². The molecule has 0 aliphatic heterocycles. The van der Waals surface area contributed by atoms with Gasteiger partial charge in [0.1, 0.15) is 5.82 Å². The molecule has 0 amide bonds. The number of aryl methyl sites for hydroxylation is 1. The number of nitrogens with one attached hydrogen (secondary N) is 1. The first kappa shape index (κ1) is 14.3. The minimum atomic E-state index is 0.677. The molecular formula is C16H27N3. The van der Waals surface area contributed by atoms with Crippen LogP contribution in [0.1, 0.15) is 50.3 Å². The molecule has 106 valence electrons. The Hall–Kier alpha value is -1.09. The van der Waals surface area contributed by atoms with Gasteiger partial charge in [-0.2, -0.15) is 0 Å². The average molecular weight is 261 g/mol. The molecule has 1 saturated carbocycles. The van der Waals surface area contributed by atoms with Crippen molar-refractivity contribution in [2.45, 2.75) is 58.0 Å². The summed E-state index contributed by atoms with van der Waals surface area (Å²) in [5, 5.41) is 3.23. The molecule has 2 rings (SSSR count). The molecule has 1 aliphatic rings. The standard InChI is InChI=1S/C16H27N3/c1-4-14-10-13(12-17-2)11-16(18-14)19(3)15-8-6-5-7-9-15/h10-11,15,17H,4-9,12H2,1-3H3. The van der Waals surface area contributed by atoms with Crippen LogP contribution in [-0.2, 0) is 13.0 Å². The molecule has 0 atom stereocenters. The van der Waals surface area contributed by atoms with Crippen LogP contribution in [-0.4, -0.2) is 25.1 Å². The van der Waals surface area contributed by atoms with Gasteiger partial charge in [-0.3, -0.25) is 0 Å². The van der Waals surface area contributed by atoms with E-state index in [4.69, 9.17) is 4.98 Å². The van der Waals surface area contributed by atoms with Gasteiger partial charge < -0.3 is 10.2 Å². The van der Waals surface area contributed by atoms with Gasteiger partial charge in [0, 0.05) is 25.3 Å². The van der Waals surface area contributed by atoms with E-state index in [0.29, 0.717) is 6.04 Å². The monoisotopic (exact) mass is 261 g/mol. The SMILES string of the molecule is CCc1cc(CNC)cc(N(C)C2CCCCC2)n1. The Balaban J connectivity index is 2.18. The average Bonchev–Trinajstić information content (AvgIpc) is 2.47. The number of anilines is 1. The highest BCUT2D eigenvalue weighted by Gasteiger charge is 2.19. The maximum atomic E-state index is 4.81. The van der Waals surface area contributed by atoms with Crippen molar-refractivity contribution in [3.05, 3.63) is 23.4 Å². The molecule has 3 nitrogen and oxygen atoms in total. The summed E-state index contributed by atoms with van der Waals surface area (Å²) in [6.07, 6.45) is 7.77. The fourth-order valence-electron chi connectivity index (χ4n) is 2.96. The van der Waals surface area contributed by atoms with Crippen molar-refractivity contribution in [2.75, 3.05) is 19.0 Å². The Labute approximate surface area is 117 Å². The van der Waals surface area contributed by atoms with Gasteiger partial charge >= 0.3 is 0 Å². The Morgan fingerprint density at radius 2 is 2.00 bits per heavy atom. The summed E-state index contributed by atoms with van der Waals surface area (Å²) >= 11 is 0. The Kier molecular flexibility index (Phi) is 5.20. The fourth-order valence-corrected chi connectivity index (χ4v) is 2.96. The number of nitrogens with zero attached hydrogens (tertiary/aromatic N) is 2. The second-order valence-electron chi connectivity index (χ2n) is 5.61. The zero-order valence-corrected chi connectivity index (χ0v) is 12.6. The largest absolute Gasteiger partial charge is 0.357 e. The molecule has 1 aliphatic carbocycles. The summed E-state index contributed by atoms with van der Waals surface area (Å²) in [6.45, 7) is 3.09. The summed E-state index contributed by atoms with van der Waals surface area (Å²) in [6, 6.07) is 5.13. The maximum absolute atomic E-state index is 4.81. The van der Waals surface area contributed by atoms with Crippen LogP contribution in [0.2, 0.25) is 0 Å². The third-order valence-corrected chi connectivity index (χ3v) is 4.15. The minimum absolute atomic E-state index is 0.677. The molecule has 1 N–H and O–H groups in total. The van der Waals surface area contributed by atoms with Crippen molar-refractivity contribution in [1.29, 1.82) is 0 Å². The molecule has 0 spiro atoms. The van der Waals surface area contributed by atoms with Gasteiger partial charge in [0.25, 0.3) is 0 Å². The zero-order chi connectivity index (χ0) is 13.7. The molecule has 0 unspecified atom stereocenters. The van der Waals surface area contributed by atoms with E-state index in [0.717, 1.165) is 18.8 Å². The predicted octanol–water partition coefficient (Wildman–Crippen LogP) is 3.13. The summed E-state index contributed by atoms with van der Waals surface area (Å²) < 4.78 is 0. The molecule has 0 radical (unpaired) electrons. The van der Waals surface area contributed by atoms with E-state index < -0.39 is 0 Å². The molecule has 1 heterocycles. The van der Waals surface area contributed by atoms with Crippen LogP contribution in [0.25, 0.3) is 0 Å². The highest BCUT2D eigenvalue weighted by molar-refractivity contribution is 5.43. The molecule has 0 bridgehead atoms. The van der Waals surface area contributed by atoms with Crippen LogP contribution in [0.3, 0.4) is 0 Å². The highest BCUT2D eigenvalue weighted by Crippen LogP contribution is 2.26. The highest BCUT2D eigenvalue weighted by atomic mass is 15.2. The third kappa shape index (κ3) is 3.69. The first-order valence-corrected chi connectivity index (χ1v) is 7.62. The second-order valence-corrected chi connectivity index (χ2v) is 5.61. The lowest BCUT2D eigenvalue weighted by Crippen LogP contribution is -2.34. The van der Waals surface area contributed by atoms with Gasteiger partial charge in [0.05, 0.1) is 0 Å². The number of pyridine rings is 1. The Morgan fingerprint density at radius 1 is 1.26 bits per heavy atom. The van der Waals surface area contributed by atoms with Crippen LogP contribution < -0.4 is 10.2 Å². The summed E-state index contributed by atoms with van der Waals surface area (Å²) in [5.41, 5.74) is 2.54. The van der Waals surface area contributed by atoms with Crippen molar-refractivity contribution < 1.29 is 0 Å². The molecule has 1 aromatic heterocycles. The lowest BCUT2D eigenvalue weighted by molar-refractivity contribution is 0.426. The molecule has 3 heteroatoms. The van der Waals surface area contributed by atoms with Crippen LogP contribution >= 0.6 is 0 Å². The molecule has 19 heavy (non-hydrogen) atoms. The smallest absolute Gasteiger partial charge is 0.129 e. The zero-order valence-electron chi connectivity index (χ0n) is 12.6. The number of rotatable bonds is 5. The number of hydrogen-bond acceptors (Lipinski definition) is 3. The van der Waals surface area contributed by atoms with Crippen LogP contribution in [0, 0.1) is 0 Å². The number of hydrogen-bond donors (Lipinski definition) is 1. The van der Waals surface area contributed by atoms with Gasteiger partial charge in [-0.25, -0.2) is 4.98 Å². The molecule has 1 fully saturated rings. The normalized spacial score (nSPS) is 16.6. The third-order valence-electron chi connectivity index (χ3n) is 4.15. The van der Waals surface area contributed by atoms with Gasteiger partial charge in [0.2, 0.25) is 0 Å². The van der Waals surface area contributed by atoms with Crippen molar-refractivity contribution in [3.63, 3.8) is 0 Å². The van der Waals surface area contributed by atoms with Crippen molar-refractivity contribution >= 4 is 5.82 Å². The summed E-state index contributed by atoms with van der Waals surface area (Å²) in [5.74, 6) is 1.15. The first-order chi connectivity index (χ1) is 9.24. The van der Waals surface area contributed by atoms with Crippen molar-refractivity contribution in [3.8, 4) is 0 Å². The lowest BCUT2D eigenvalue weighted by Gasteiger charge is -2.32. The van der Waals surface area contributed by atoms with Crippen molar-refractivity contribution in [1.82, 2.24) is 10.3 Å². The molecule has 1 aromatic rings. The predicted molar refractivity (Wildman–Crippen MR) is 81.7 cm³/mol. The number of aromatic nitrogens is 1. The summed E-state index contributed by atoms with van der Waals surface area (Å²) in [4.78, 5) is 7.21. The van der Waals surface area contributed by atoms with E-state index >= 15 is 0 Å². The second kappa shape index (κ2) is 6.90. The van der Waals surface area contributed by atoms with Crippen molar-refractivity contribution in [2.24, 2.45) is 0 Å². The van der Waals surface area contributed by atoms with Gasteiger partial charge in [0.15, 0.2) is 0 Å². The fraction of sp³-hybridized carbons (Fsp3) is 0.688. The van der Waals surface area contributed by atoms with E-state index in [1.165, 1.54) is 43.4 Å². The van der Waals surface area contributed by atoms with Gasteiger partial charge in [-0.05, 0) is 44.0 Å². The van der Waals surface area contributed by atoms with E-state index in [9.17, 15) is 0 Å². The van der Waals surface area contributed by atoms with Crippen LogP contribution in [0.5, 0.6) is 0 Å². The quantitative estimate of drug-likeness (QED) is 0.882. The molecular weight excluding hydrogens is 234 g/mol. The summed E-state index contributed by atoms with van der Waals surface area (Å²) in [7, 11) is 4.21. The maximum Gasteiger partial charge on any atom is 0.129 e. The Bertz CT molecular complexity index is 397. The van der Waals surface area contributed by atoms with Crippen LogP contribution in [0.15, 0.2) is 12.1 Å². The molecule has 0 aromatic carbocycles. The van der Waals surface area contributed by atoms with E-state index in [1.54, 1.807) is 0 Å². The lowest BCUT2D eigenvalue weighted by atomic mass is 9.94.